The van der Waals surface area contributed by atoms with Crippen LogP contribution < -0.4 is 15.4 Å². The Labute approximate surface area is 137 Å². The zero-order valence-corrected chi connectivity index (χ0v) is 12.5. The lowest BCUT2D eigenvalue weighted by Crippen LogP contribution is -2.21. The highest BCUT2D eigenvalue weighted by Gasteiger charge is 2.33. The molecule has 0 spiro atoms. The van der Waals surface area contributed by atoms with Crippen molar-refractivity contribution in [3.8, 4) is 5.75 Å². The summed E-state index contributed by atoms with van der Waals surface area (Å²) in [5, 5.41) is 4.74. The number of alkyl carbamates (subject to hydrolysis) is 1. The average molecular weight is 326 g/mol. The van der Waals surface area contributed by atoms with E-state index in [-0.39, 0.29) is 12.5 Å². The molecule has 1 unspecified atom stereocenters. The van der Waals surface area contributed by atoms with Crippen molar-refractivity contribution in [2.45, 2.75) is 6.10 Å². The van der Waals surface area contributed by atoms with Crippen molar-refractivity contribution in [2.24, 2.45) is 0 Å². The van der Waals surface area contributed by atoms with Crippen molar-refractivity contribution in [1.29, 1.82) is 0 Å². The van der Waals surface area contributed by atoms with Crippen LogP contribution in [0.4, 0.5) is 10.5 Å². The minimum Gasteiger partial charge on any atom is -0.484 e. The number of carbonyl (C=O) groups excluding carboxylic acids is 3. The fourth-order valence-electron chi connectivity index (χ4n) is 2.18. The number of hydrogen-bond donors (Lipinski definition) is 2. The van der Waals surface area contributed by atoms with Gasteiger partial charge in [-0.1, -0.05) is 30.3 Å². The number of imide groups is 1. The monoisotopic (exact) mass is 326 g/mol. The Balaban J connectivity index is 1.55. The molecule has 2 N–H and O–H groups in total. The molecule has 1 aliphatic rings. The molecule has 0 aromatic heterocycles. The summed E-state index contributed by atoms with van der Waals surface area (Å²) in [7, 11) is 0. The molecule has 3 amide bonds. The first-order valence-corrected chi connectivity index (χ1v) is 7.21. The first-order chi connectivity index (χ1) is 11.6. The molecule has 0 radical (unpaired) electrons. The van der Waals surface area contributed by atoms with Gasteiger partial charge in [-0.2, -0.15) is 0 Å². The molecule has 2 aromatic carbocycles. The van der Waals surface area contributed by atoms with Crippen LogP contribution in [0.25, 0.3) is 0 Å². The van der Waals surface area contributed by atoms with Crippen LogP contribution in [0.2, 0.25) is 0 Å². The van der Waals surface area contributed by atoms with E-state index in [2.05, 4.69) is 10.6 Å². The molecule has 1 saturated heterocycles. The van der Waals surface area contributed by atoms with Crippen molar-refractivity contribution < 1.29 is 23.9 Å². The smallest absolute Gasteiger partial charge is 0.415 e. The standard InChI is InChI=1S/C17H14N2O5/c20-14(10-23-13-4-2-1-3-5-13)18-12-8-6-11(7-9-12)15-16(21)19-17(22)24-15/h1-9,15H,10H2,(H,18,20)(H,19,21,22). The topological polar surface area (TPSA) is 93.7 Å². The zero-order valence-electron chi connectivity index (χ0n) is 12.5. The maximum atomic E-state index is 11.9. The van der Waals surface area contributed by atoms with E-state index in [1.807, 2.05) is 18.2 Å². The largest absolute Gasteiger partial charge is 0.484 e. The quantitative estimate of drug-likeness (QED) is 0.876. The molecule has 1 atom stereocenters. The summed E-state index contributed by atoms with van der Waals surface area (Å²) in [6, 6.07) is 15.5. The minimum atomic E-state index is -0.955. The van der Waals surface area contributed by atoms with Gasteiger partial charge < -0.3 is 14.8 Å². The van der Waals surface area contributed by atoms with Crippen molar-refractivity contribution in [1.82, 2.24) is 5.32 Å². The molecule has 7 heteroatoms. The molecule has 0 saturated carbocycles. The first-order valence-electron chi connectivity index (χ1n) is 7.21. The Morgan fingerprint density at radius 2 is 1.79 bits per heavy atom. The highest BCUT2D eigenvalue weighted by Crippen LogP contribution is 2.23. The van der Waals surface area contributed by atoms with Crippen LogP contribution in [0.3, 0.4) is 0 Å². The molecule has 0 aliphatic carbocycles. The summed E-state index contributed by atoms with van der Waals surface area (Å²) in [4.78, 5) is 34.4. The number of ether oxygens (including phenoxy) is 2. The van der Waals surface area contributed by atoms with Crippen LogP contribution >= 0.6 is 0 Å². The number of hydrogen-bond acceptors (Lipinski definition) is 5. The second-order valence-electron chi connectivity index (χ2n) is 5.05. The fraction of sp³-hybridized carbons (Fsp3) is 0.118. The van der Waals surface area contributed by atoms with E-state index in [0.717, 1.165) is 0 Å². The predicted octanol–water partition coefficient (Wildman–Crippen LogP) is 2.01. The molecule has 24 heavy (non-hydrogen) atoms. The van der Waals surface area contributed by atoms with Gasteiger partial charge in [0, 0.05) is 11.3 Å². The Morgan fingerprint density at radius 1 is 1.08 bits per heavy atom. The van der Waals surface area contributed by atoms with Crippen molar-refractivity contribution in [3.63, 3.8) is 0 Å². The number of anilines is 1. The Hall–Kier alpha value is -3.35. The number of para-hydroxylation sites is 1. The summed E-state index contributed by atoms with van der Waals surface area (Å²) in [5.41, 5.74) is 1.07. The number of nitrogens with one attached hydrogen (secondary N) is 2. The molecule has 3 rings (SSSR count). The van der Waals surface area contributed by atoms with E-state index < -0.39 is 18.1 Å². The van der Waals surface area contributed by atoms with Gasteiger partial charge in [-0.25, -0.2) is 4.79 Å². The molecule has 1 fully saturated rings. The van der Waals surface area contributed by atoms with Gasteiger partial charge in [0.2, 0.25) is 6.10 Å². The minimum absolute atomic E-state index is 0.117. The second-order valence-corrected chi connectivity index (χ2v) is 5.05. The lowest BCUT2D eigenvalue weighted by molar-refractivity contribution is -0.123. The van der Waals surface area contributed by atoms with Crippen molar-refractivity contribution >= 4 is 23.6 Å². The molecule has 1 aliphatic heterocycles. The fourth-order valence-corrected chi connectivity index (χ4v) is 2.18. The van der Waals surface area contributed by atoms with Crippen LogP contribution in [-0.2, 0) is 14.3 Å². The number of benzene rings is 2. The zero-order chi connectivity index (χ0) is 16.9. The van der Waals surface area contributed by atoms with Crippen LogP contribution in [0.5, 0.6) is 5.75 Å². The van der Waals surface area contributed by atoms with E-state index in [4.69, 9.17) is 9.47 Å². The van der Waals surface area contributed by atoms with Gasteiger partial charge in [-0.3, -0.25) is 14.9 Å². The van der Waals surface area contributed by atoms with Crippen LogP contribution in [0.1, 0.15) is 11.7 Å². The van der Waals surface area contributed by atoms with E-state index in [1.54, 1.807) is 36.4 Å². The summed E-state index contributed by atoms with van der Waals surface area (Å²) in [6.07, 6.45) is -1.72. The molecular weight excluding hydrogens is 312 g/mol. The maximum absolute atomic E-state index is 11.9. The average Bonchev–Trinajstić information content (AvgIpc) is 2.93. The lowest BCUT2D eigenvalue weighted by atomic mass is 10.1. The van der Waals surface area contributed by atoms with Gasteiger partial charge in [0.1, 0.15) is 5.75 Å². The highest BCUT2D eigenvalue weighted by atomic mass is 16.6. The number of rotatable bonds is 5. The van der Waals surface area contributed by atoms with Gasteiger partial charge in [0.25, 0.3) is 11.8 Å². The van der Waals surface area contributed by atoms with Gasteiger partial charge >= 0.3 is 6.09 Å². The molecule has 0 bridgehead atoms. The maximum Gasteiger partial charge on any atom is 0.415 e. The summed E-state index contributed by atoms with van der Waals surface area (Å²) >= 11 is 0. The molecule has 122 valence electrons. The van der Waals surface area contributed by atoms with Crippen molar-refractivity contribution in [3.05, 3.63) is 60.2 Å². The highest BCUT2D eigenvalue weighted by molar-refractivity contribution is 6.00. The lowest BCUT2D eigenvalue weighted by Gasteiger charge is -2.09. The normalized spacial score (nSPS) is 16.2. The predicted molar refractivity (Wildman–Crippen MR) is 84.4 cm³/mol. The third-order valence-corrected chi connectivity index (χ3v) is 3.30. The Morgan fingerprint density at radius 3 is 2.42 bits per heavy atom. The molecular formula is C17H14N2O5. The van der Waals surface area contributed by atoms with E-state index in [1.165, 1.54) is 0 Å². The third kappa shape index (κ3) is 3.70. The molecule has 2 aromatic rings. The summed E-state index contributed by atoms with van der Waals surface area (Å²) in [6.45, 7) is -0.117. The SMILES string of the molecule is O=C(COc1ccccc1)Nc1ccc(C2OC(=O)NC2=O)cc1. The molecule has 7 nitrogen and oxygen atoms in total. The third-order valence-electron chi connectivity index (χ3n) is 3.30. The second kappa shape index (κ2) is 6.82. The van der Waals surface area contributed by atoms with Crippen LogP contribution in [0, 0.1) is 0 Å². The number of carbonyl (C=O) groups is 3. The first kappa shape index (κ1) is 15.5. The van der Waals surface area contributed by atoms with Gasteiger partial charge in [0.15, 0.2) is 6.61 Å². The van der Waals surface area contributed by atoms with Crippen LogP contribution in [0.15, 0.2) is 54.6 Å². The van der Waals surface area contributed by atoms with Gasteiger partial charge in [-0.15, -0.1) is 0 Å². The summed E-state index contributed by atoms with van der Waals surface area (Å²) < 4.78 is 10.2. The van der Waals surface area contributed by atoms with E-state index in [0.29, 0.717) is 17.0 Å². The summed E-state index contributed by atoms with van der Waals surface area (Å²) in [5.74, 6) is -0.207. The van der Waals surface area contributed by atoms with Gasteiger partial charge in [0.05, 0.1) is 0 Å². The van der Waals surface area contributed by atoms with Gasteiger partial charge in [-0.05, 0) is 24.3 Å². The number of amides is 3. The van der Waals surface area contributed by atoms with E-state index in [9.17, 15) is 14.4 Å². The number of cyclic esters (lactones) is 1. The Kier molecular flexibility index (Phi) is 4.42. The van der Waals surface area contributed by atoms with Crippen molar-refractivity contribution in [2.75, 3.05) is 11.9 Å². The van der Waals surface area contributed by atoms with E-state index >= 15 is 0 Å². The molecule has 1 heterocycles. The van der Waals surface area contributed by atoms with Crippen LogP contribution in [-0.4, -0.2) is 24.5 Å². The Bertz CT molecular complexity index is 758.